The predicted octanol–water partition coefficient (Wildman–Crippen LogP) is 1.62. The maximum atomic E-state index is 13.0. The van der Waals surface area contributed by atoms with Gasteiger partial charge in [-0.25, -0.2) is 14.6 Å². The molecule has 3 N–H and O–H groups in total. The Balaban J connectivity index is 2.81. The van der Waals surface area contributed by atoms with Crippen LogP contribution in [0.1, 0.15) is 18.9 Å². The van der Waals surface area contributed by atoms with E-state index in [-0.39, 0.29) is 0 Å². The van der Waals surface area contributed by atoms with Gasteiger partial charge in [0.15, 0.2) is 0 Å². The number of halogens is 1. The van der Waals surface area contributed by atoms with Gasteiger partial charge in [0, 0.05) is 11.6 Å². The quantitative estimate of drug-likeness (QED) is 0.605. The third-order valence-electron chi connectivity index (χ3n) is 1.82. The molecule has 2 amide bonds. The van der Waals surface area contributed by atoms with E-state index in [9.17, 15) is 9.18 Å². The minimum absolute atomic E-state index is 0.377. The highest BCUT2D eigenvalue weighted by Gasteiger charge is 2.03. The molecule has 0 heterocycles. The second-order valence-corrected chi connectivity index (χ2v) is 3.26. The molecule has 0 fully saturated rings. The number of nitrogens with zero attached hydrogens (tertiary/aromatic N) is 1. The summed E-state index contributed by atoms with van der Waals surface area (Å²) >= 11 is 0. The predicted molar refractivity (Wildman–Crippen MR) is 62.5 cm³/mol. The van der Waals surface area contributed by atoms with Crippen molar-refractivity contribution in [2.24, 2.45) is 10.8 Å². The van der Waals surface area contributed by atoms with Crippen LogP contribution in [0, 0.1) is 5.82 Å². The lowest BCUT2D eigenvalue weighted by Gasteiger charge is -2.07. The van der Waals surface area contributed by atoms with Gasteiger partial charge in [-0.15, -0.1) is 0 Å². The zero-order valence-corrected chi connectivity index (χ0v) is 9.44. The van der Waals surface area contributed by atoms with Crippen LogP contribution < -0.4 is 15.9 Å². The van der Waals surface area contributed by atoms with Crippen molar-refractivity contribution in [2.45, 2.75) is 13.3 Å². The summed E-state index contributed by atoms with van der Waals surface area (Å²) in [6, 6.07) is 3.29. The molecule has 0 radical (unpaired) electrons. The van der Waals surface area contributed by atoms with Gasteiger partial charge in [0.1, 0.15) is 11.6 Å². The molecule has 0 saturated carbocycles. The van der Waals surface area contributed by atoms with Crippen LogP contribution in [0.3, 0.4) is 0 Å². The molecule has 0 aliphatic rings. The summed E-state index contributed by atoms with van der Waals surface area (Å²) in [5, 5.41) is 3.59. The number of ether oxygens (including phenoxy) is 1. The van der Waals surface area contributed by atoms with Gasteiger partial charge in [-0.05, 0) is 18.6 Å². The molecule has 0 atom stereocenters. The fraction of sp³-hybridized carbons (Fsp3) is 0.273. The van der Waals surface area contributed by atoms with E-state index in [2.05, 4.69) is 10.5 Å². The molecule has 1 rings (SSSR count). The molecule has 17 heavy (non-hydrogen) atoms. The second-order valence-electron chi connectivity index (χ2n) is 3.26. The van der Waals surface area contributed by atoms with Crippen molar-refractivity contribution in [1.29, 1.82) is 0 Å². The van der Waals surface area contributed by atoms with E-state index in [0.717, 1.165) is 6.42 Å². The normalized spacial score (nSPS) is 10.5. The van der Waals surface area contributed by atoms with Crippen LogP contribution in [-0.4, -0.2) is 18.9 Å². The number of rotatable bonds is 5. The molecule has 1 aromatic rings. The molecule has 5 nitrogen and oxygen atoms in total. The molecule has 0 unspecified atom stereocenters. The van der Waals surface area contributed by atoms with Crippen LogP contribution in [0.4, 0.5) is 9.18 Å². The molecule has 0 spiro atoms. The fourth-order valence-corrected chi connectivity index (χ4v) is 1.12. The molecule has 0 aliphatic heterocycles. The van der Waals surface area contributed by atoms with Crippen LogP contribution in [-0.2, 0) is 0 Å². The lowest BCUT2D eigenvalue weighted by Crippen LogP contribution is -2.24. The molecular weight excluding hydrogens is 225 g/mol. The zero-order chi connectivity index (χ0) is 12.7. The van der Waals surface area contributed by atoms with E-state index >= 15 is 0 Å². The molecule has 0 aromatic heterocycles. The van der Waals surface area contributed by atoms with E-state index in [4.69, 9.17) is 10.5 Å². The number of carbonyl (C=O) groups excluding carboxylic acids is 1. The highest BCUT2D eigenvalue weighted by atomic mass is 19.1. The van der Waals surface area contributed by atoms with Gasteiger partial charge >= 0.3 is 6.03 Å². The first kappa shape index (κ1) is 13.0. The van der Waals surface area contributed by atoms with Gasteiger partial charge in [0.05, 0.1) is 12.8 Å². The monoisotopic (exact) mass is 239 g/mol. The van der Waals surface area contributed by atoms with Gasteiger partial charge in [-0.3, -0.25) is 0 Å². The standard InChI is InChI=1S/C11H14FN3O2/c1-2-5-17-10-6-9(12)4-3-8(10)7-14-15-11(13)16/h3-4,6-7H,2,5H2,1H3,(H3,13,15,16). The third kappa shape index (κ3) is 4.50. The number of nitrogens with one attached hydrogen (secondary N) is 1. The maximum Gasteiger partial charge on any atom is 0.332 e. The minimum atomic E-state index is -0.764. The first-order valence-electron chi connectivity index (χ1n) is 5.14. The van der Waals surface area contributed by atoms with Crippen molar-refractivity contribution < 1.29 is 13.9 Å². The lowest BCUT2D eigenvalue weighted by molar-refractivity contribution is 0.249. The van der Waals surface area contributed by atoms with Gasteiger partial charge in [0.2, 0.25) is 0 Å². The maximum absolute atomic E-state index is 13.0. The van der Waals surface area contributed by atoms with Crippen molar-refractivity contribution in [1.82, 2.24) is 5.43 Å². The largest absolute Gasteiger partial charge is 0.493 e. The second kappa shape index (κ2) is 6.47. The molecule has 1 aromatic carbocycles. The lowest BCUT2D eigenvalue weighted by atomic mass is 10.2. The summed E-state index contributed by atoms with van der Waals surface area (Å²) in [6.07, 6.45) is 2.15. The van der Waals surface area contributed by atoms with Crippen molar-refractivity contribution in [2.75, 3.05) is 6.61 Å². The average molecular weight is 239 g/mol. The number of nitrogens with two attached hydrogens (primary N) is 1. The van der Waals surface area contributed by atoms with Crippen LogP contribution in [0.5, 0.6) is 5.75 Å². The number of carbonyl (C=O) groups is 1. The number of primary amides is 1. The van der Waals surface area contributed by atoms with Gasteiger partial charge in [-0.2, -0.15) is 5.10 Å². The minimum Gasteiger partial charge on any atom is -0.493 e. The van der Waals surface area contributed by atoms with Gasteiger partial charge in [-0.1, -0.05) is 6.92 Å². The number of hydrazone groups is 1. The summed E-state index contributed by atoms with van der Waals surface area (Å²) < 4.78 is 18.4. The third-order valence-corrected chi connectivity index (χ3v) is 1.82. The van der Waals surface area contributed by atoms with E-state index in [1.807, 2.05) is 6.92 Å². The van der Waals surface area contributed by atoms with Crippen LogP contribution >= 0.6 is 0 Å². The first-order valence-corrected chi connectivity index (χ1v) is 5.14. The Morgan fingerprint density at radius 2 is 2.41 bits per heavy atom. The van der Waals surface area contributed by atoms with E-state index in [1.165, 1.54) is 24.4 Å². The number of benzene rings is 1. The highest BCUT2D eigenvalue weighted by Crippen LogP contribution is 2.18. The topological polar surface area (TPSA) is 76.7 Å². The Hall–Kier alpha value is -2.11. The van der Waals surface area contributed by atoms with Crippen molar-refractivity contribution >= 4 is 12.2 Å². The average Bonchev–Trinajstić information content (AvgIpc) is 2.28. The Morgan fingerprint density at radius 3 is 3.06 bits per heavy atom. The van der Waals surface area contributed by atoms with Crippen LogP contribution in [0.15, 0.2) is 23.3 Å². The fourth-order valence-electron chi connectivity index (χ4n) is 1.12. The number of urea groups is 1. The molecule has 6 heteroatoms. The molecule has 0 saturated heterocycles. The summed E-state index contributed by atoms with van der Waals surface area (Å²) in [5.41, 5.74) is 7.46. The Morgan fingerprint density at radius 1 is 1.65 bits per heavy atom. The van der Waals surface area contributed by atoms with Crippen molar-refractivity contribution in [3.05, 3.63) is 29.6 Å². The van der Waals surface area contributed by atoms with E-state index in [0.29, 0.717) is 17.9 Å². The molecule has 0 bridgehead atoms. The highest BCUT2D eigenvalue weighted by molar-refractivity contribution is 5.84. The zero-order valence-electron chi connectivity index (χ0n) is 9.44. The molecule has 0 aliphatic carbocycles. The van der Waals surface area contributed by atoms with E-state index < -0.39 is 11.8 Å². The number of hydrogen-bond donors (Lipinski definition) is 2. The van der Waals surface area contributed by atoms with E-state index in [1.54, 1.807) is 0 Å². The first-order chi connectivity index (χ1) is 8.13. The van der Waals surface area contributed by atoms with Crippen LogP contribution in [0.2, 0.25) is 0 Å². The van der Waals surface area contributed by atoms with Crippen molar-refractivity contribution in [3.63, 3.8) is 0 Å². The SMILES string of the molecule is CCCOc1cc(F)ccc1C=NNC(N)=O. The van der Waals surface area contributed by atoms with Crippen molar-refractivity contribution in [3.8, 4) is 5.75 Å². The number of hydrogen-bond acceptors (Lipinski definition) is 3. The molecule has 92 valence electrons. The Labute approximate surface area is 98.5 Å². The smallest absolute Gasteiger partial charge is 0.332 e. The van der Waals surface area contributed by atoms with Gasteiger partial charge in [0.25, 0.3) is 0 Å². The van der Waals surface area contributed by atoms with Gasteiger partial charge < -0.3 is 10.5 Å². The summed E-state index contributed by atoms with van der Waals surface area (Å²) in [6.45, 7) is 2.43. The number of amides is 2. The molecular formula is C11H14FN3O2. The summed E-state index contributed by atoms with van der Waals surface area (Å²) in [4.78, 5) is 10.4. The summed E-state index contributed by atoms with van der Waals surface area (Å²) in [7, 11) is 0. The Kier molecular flexibility index (Phi) is 4.93. The Bertz CT molecular complexity index is 421. The summed E-state index contributed by atoms with van der Waals surface area (Å²) in [5.74, 6) is -0.0158. The van der Waals surface area contributed by atoms with Crippen LogP contribution in [0.25, 0.3) is 0 Å².